The Hall–Kier alpha value is -2.78. The monoisotopic (exact) mass is 402 g/mol. The van der Waals surface area contributed by atoms with Crippen molar-refractivity contribution in [1.29, 1.82) is 0 Å². The van der Waals surface area contributed by atoms with Crippen LogP contribution in [0.1, 0.15) is 50.4 Å². The highest BCUT2D eigenvalue weighted by Crippen LogP contribution is 2.38. The second-order valence-corrected chi connectivity index (χ2v) is 7.94. The fourth-order valence-electron chi connectivity index (χ4n) is 3.33. The smallest absolute Gasteiger partial charge is 0.282 e. The molecular weight excluding hydrogens is 380 g/mol. The van der Waals surface area contributed by atoms with Gasteiger partial charge < -0.3 is 5.32 Å². The molecule has 0 atom stereocenters. The minimum absolute atomic E-state index is 0.0324. The second-order valence-electron chi connectivity index (χ2n) is 6.83. The number of hydrazine groups is 1. The predicted octanol–water partition coefficient (Wildman–Crippen LogP) is 3.38. The van der Waals surface area contributed by atoms with Gasteiger partial charge in [-0.3, -0.25) is 25.1 Å². The fraction of sp³-hybridized carbons (Fsp3) is 0.368. The number of hydrogen-bond acceptors (Lipinski definition) is 6. The maximum absolute atomic E-state index is 12.8. The Bertz CT molecular complexity index is 923. The van der Waals surface area contributed by atoms with Crippen molar-refractivity contribution < 1.29 is 14.5 Å². The van der Waals surface area contributed by atoms with Crippen molar-refractivity contribution in [2.45, 2.75) is 32.1 Å². The van der Waals surface area contributed by atoms with Crippen LogP contribution in [0.2, 0.25) is 0 Å². The van der Waals surface area contributed by atoms with E-state index in [1.54, 1.807) is 25.2 Å². The van der Waals surface area contributed by atoms with E-state index in [0.717, 1.165) is 42.5 Å². The molecule has 28 heavy (non-hydrogen) atoms. The lowest BCUT2D eigenvalue weighted by molar-refractivity contribution is -0.385. The molecule has 9 heteroatoms. The normalized spacial score (nSPS) is 13.5. The van der Waals surface area contributed by atoms with Gasteiger partial charge in [0.05, 0.1) is 10.5 Å². The number of rotatable bonds is 5. The van der Waals surface area contributed by atoms with E-state index in [1.165, 1.54) is 29.5 Å². The number of carbonyl (C=O) groups is 2. The first-order valence-corrected chi connectivity index (χ1v) is 9.87. The Balaban J connectivity index is 1.99. The van der Waals surface area contributed by atoms with Gasteiger partial charge in [-0.2, -0.15) is 0 Å². The molecule has 1 aromatic carbocycles. The van der Waals surface area contributed by atoms with Crippen LogP contribution in [0.4, 0.5) is 10.7 Å². The SMILES string of the molecule is CN(C)NC(=O)c1c(NC(=O)c2ccccc2[N+](=O)[O-])sc2c1CCCCC2. The Labute approximate surface area is 166 Å². The molecule has 0 saturated carbocycles. The molecule has 1 aliphatic carbocycles. The number of nitro benzene ring substituents is 1. The lowest BCUT2D eigenvalue weighted by Gasteiger charge is -2.14. The van der Waals surface area contributed by atoms with Crippen LogP contribution in [-0.2, 0) is 12.8 Å². The van der Waals surface area contributed by atoms with Crippen LogP contribution in [0.25, 0.3) is 0 Å². The summed E-state index contributed by atoms with van der Waals surface area (Å²) in [6, 6.07) is 5.78. The topological polar surface area (TPSA) is 105 Å². The molecule has 148 valence electrons. The number of nitrogens with one attached hydrogen (secondary N) is 2. The molecule has 1 heterocycles. The van der Waals surface area contributed by atoms with Crippen LogP contribution >= 0.6 is 11.3 Å². The average Bonchev–Trinajstić information content (AvgIpc) is 2.81. The third kappa shape index (κ3) is 4.20. The number of amides is 2. The maximum atomic E-state index is 12.8. The number of benzene rings is 1. The van der Waals surface area contributed by atoms with E-state index in [9.17, 15) is 19.7 Å². The van der Waals surface area contributed by atoms with E-state index in [-0.39, 0.29) is 17.2 Å². The molecule has 0 spiro atoms. The maximum Gasteiger partial charge on any atom is 0.282 e. The molecule has 0 fully saturated rings. The summed E-state index contributed by atoms with van der Waals surface area (Å²) >= 11 is 1.39. The molecule has 0 saturated heterocycles. The minimum atomic E-state index is -0.595. The zero-order valence-electron chi connectivity index (χ0n) is 15.8. The summed E-state index contributed by atoms with van der Waals surface area (Å²) in [5.74, 6) is -0.884. The summed E-state index contributed by atoms with van der Waals surface area (Å²) in [6.45, 7) is 0. The molecule has 3 rings (SSSR count). The Morgan fingerprint density at radius 1 is 1.11 bits per heavy atom. The van der Waals surface area contributed by atoms with Crippen molar-refractivity contribution in [3.05, 3.63) is 55.9 Å². The third-order valence-corrected chi connectivity index (χ3v) is 5.75. The van der Waals surface area contributed by atoms with Crippen LogP contribution < -0.4 is 10.7 Å². The molecule has 8 nitrogen and oxygen atoms in total. The van der Waals surface area contributed by atoms with Crippen LogP contribution in [0.3, 0.4) is 0 Å². The number of nitro groups is 1. The van der Waals surface area contributed by atoms with E-state index >= 15 is 0 Å². The van der Waals surface area contributed by atoms with E-state index in [4.69, 9.17) is 0 Å². The van der Waals surface area contributed by atoms with Gasteiger partial charge in [0.2, 0.25) is 0 Å². The second kappa shape index (κ2) is 8.49. The molecule has 0 bridgehead atoms. The average molecular weight is 402 g/mol. The Morgan fingerprint density at radius 3 is 2.54 bits per heavy atom. The number of fused-ring (bicyclic) bond motifs is 1. The van der Waals surface area contributed by atoms with E-state index in [2.05, 4.69) is 10.7 Å². The largest absolute Gasteiger partial charge is 0.313 e. The van der Waals surface area contributed by atoms with Gasteiger partial charge in [0, 0.05) is 25.0 Å². The number of thiophene rings is 1. The molecule has 1 aliphatic rings. The molecule has 0 unspecified atom stereocenters. The minimum Gasteiger partial charge on any atom is -0.313 e. The van der Waals surface area contributed by atoms with Crippen molar-refractivity contribution in [3.63, 3.8) is 0 Å². The van der Waals surface area contributed by atoms with Gasteiger partial charge in [0.15, 0.2) is 0 Å². The van der Waals surface area contributed by atoms with Crippen LogP contribution in [0.5, 0.6) is 0 Å². The van der Waals surface area contributed by atoms with Gasteiger partial charge in [-0.05, 0) is 37.3 Å². The van der Waals surface area contributed by atoms with Crippen molar-refractivity contribution >= 4 is 33.8 Å². The van der Waals surface area contributed by atoms with Gasteiger partial charge >= 0.3 is 0 Å². The van der Waals surface area contributed by atoms with E-state index in [1.807, 2.05) is 0 Å². The van der Waals surface area contributed by atoms with Gasteiger partial charge in [0.1, 0.15) is 10.6 Å². The van der Waals surface area contributed by atoms with Gasteiger partial charge in [0.25, 0.3) is 17.5 Å². The highest BCUT2D eigenvalue weighted by molar-refractivity contribution is 7.17. The summed E-state index contributed by atoms with van der Waals surface area (Å²) in [6.07, 6.45) is 4.78. The van der Waals surface area contributed by atoms with Crippen molar-refractivity contribution in [2.75, 3.05) is 19.4 Å². The standard InChI is InChI=1S/C19H22N4O4S/c1-22(2)21-18(25)16-13-9-4-3-5-11-15(13)28-19(16)20-17(24)12-8-6-7-10-14(12)23(26)27/h6-8,10H,3-5,9,11H2,1-2H3,(H,20,24)(H,21,25). The van der Waals surface area contributed by atoms with Crippen LogP contribution in [-0.4, -0.2) is 35.8 Å². The molecule has 1 aromatic heterocycles. The Morgan fingerprint density at radius 2 is 1.82 bits per heavy atom. The molecule has 2 amide bonds. The quantitative estimate of drug-likeness (QED) is 0.453. The molecular formula is C19H22N4O4S. The highest BCUT2D eigenvalue weighted by atomic mass is 32.1. The number of hydrogen-bond donors (Lipinski definition) is 2. The molecule has 0 radical (unpaired) electrons. The number of anilines is 1. The first-order chi connectivity index (χ1) is 13.4. The first kappa shape index (κ1) is 20.0. The lowest BCUT2D eigenvalue weighted by Crippen LogP contribution is -2.36. The first-order valence-electron chi connectivity index (χ1n) is 9.06. The van der Waals surface area contributed by atoms with Crippen LogP contribution in [0, 0.1) is 10.1 Å². The highest BCUT2D eigenvalue weighted by Gasteiger charge is 2.27. The number of nitrogens with zero attached hydrogens (tertiary/aromatic N) is 2. The molecule has 2 N–H and O–H groups in total. The summed E-state index contributed by atoms with van der Waals surface area (Å²) in [4.78, 5) is 37.3. The molecule has 0 aliphatic heterocycles. The number of aryl methyl sites for hydroxylation is 1. The number of carbonyl (C=O) groups excluding carboxylic acids is 2. The van der Waals surface area contributed by atoms with E-state index < -0.39 is 10.8 Å². The zero-order valence-corrected chi connectivity index (χ0v) is 16.6. The summed E-state index contributed by atoms with van der Waals surface area (Å²) < 4.78 is 0. The number of para-hydroxylation sites is 1. The zero-order chi connectivity index (χ0) is 20.3. The molecule has 2 aromatic rings. The van der Waals surface area contributed by atoms with Crippen molar-refractivity contribution in [2.24, 2.45) is 0 Å². The van der Waals surface area contributed by atoms with Crippen LogP contribution in [0.15, 0.2) is 24.3 Å². The van der Waals surface area contributed by atoms with Gasteiger partial charge in [-0.1, -0.05) is 18.6 Å². The third-order valence-electron chi connectivity index (χ3n) is 4.55. The fourth-order valence-corrected chi connectivity index (χ4v) is 4.61. The lowest BCUT2D eigenvalue weighted by atomic mass is 10.0. The summed E-state index contributed by atoms with van der Waals surface area (Å²) in [5.41, 5.74) is 3.87. The Kier molecular flexibility index (Phi) is 6.05. The van der Waals surface area contributed by atoms with Crippen molar-refractivity contribution in [3.8, 4) is 0 Å². The summed E-state index contributed by atoms with van der Waals surface area (Å²) in [5, 5.41) is 16.0. The predicted molar refractivity (Wildman–Crippen MR) is 108 cm³/mol. The van der Waals surface area contributed by atoms with Gasteiger partial charge in [-0.15, -0.1) is 11.3 Å². The summed E-state index contributed by atoms with van der Waals surface area (Å²) in [7, 11) is 3.43. The van der Waals surface area contributed by atoms with Gasteiger partial charge in [-0.25, -0.2) is 5.01 Å². The van der Waals surface area contributed by atoms with E-state index in [0.29, 0.717) is 10.6 Å². The van der Waals surface area contributed by atoms with Crippen molar-refractivity contribution in [1.82, 2.24) is 10.4 Å².